The van der Waals surface area contributed by atoms with Crippen LogP contribution in [0.2, 0.25) is 0 Å². The van der Waals surface area contributed by atoms with Gasteiger partial charge in [0, 0.05) is 37.6 Å². The fourth-order valence-electron chi connectivity index (χ4n) is 3.21. The molecule has 0 saturated carbocycles. The average Bonchev–Trinajstić information content (AvgIpc) is 3.25. The molecule has 1 aromatic carbocycles. The molecule has 1 atom stereocenters. The zero-order chi connectivity index (χ0) is 21.6. The Bertz CT molecular complexity index is 763. The molecule has 3 rings (SSSR count). The van der Waals surface area contributed by atoms with Gasteiger partial charge in [-0.05, 0) is 53.0 Å². The van der Waals surface area contributed by atoms with Gasteiger partial charge in [0.05, 0.1) is 23.9 Å². The van der Waals surface area contributed by atoms with Gasteiger partial charge in [-0.1, -0.05) is 30.3 Å². The van der Waals surface area contributed by atoms with E-state index in [4.69, 9.17) is 18.8 Å². The Morgan fingerprint density at radius 2 is 1.77 bits per heavy atom. The molecule has 2 heterocycles. The van der Waals surface area contributed by atoms with Crippen molar-refractivity contribution in [1.82, 2.24) is 9.78 Å². The van der Waals surface area contributed by atoms with E-state index in [0.29, 0.717) is 19.8 Å². The fourth-order valence-corrected chi connectivity index (χ4v) is 3.21. The van der Waals surface area contributed by atoms with Gasteiger partial charge in [0.2, 0.25) is 0 Å². The quantitative estimate of drug-likeness (QED) is 0.416. The minimum absolute atomic E-state index is 0.170. The summed E-state index contributed by atoms with van der Waals surface area (Å²) in [6.07, 6.45) is 5.80. The van der Waals surface area contributed by atoms with E-state index in [9.17, 15) is 0 Å². The van der Waals surface area contributed by atoms with Gasteiger partial charge in [0.1, 0.15) is 0 Å². The van der Waals surface area contributed by atoms with Crippen molar-refractivity contribution in [2.75, 3.05) is 13.2 Å². The van der Waals surface area contributed by atoms with Gasteiger partial charge >= 0.3 is 7.12 Å². The Kier molecular flexibility index (Phi) is 7.74. The van der Waals surface area contributed by atoms with Gasteiger partial charge < -0.3 is 18.8 Å². The van der Waals surface area contributed by atoms with E-state index < -0.39 is 0 Å². The average molecular weight is 414 g/mol. The van der Waals surface area contributed by atoms with E-state index in [2.05, 4.69) is 51.9 Å². The van der Waals surface area contributed by atoms with Crippen LogP contribution in [0.25, 0.3) is 0 Å². The summed E-state index contributed by atoms with van der Waals surface area (Å²) >= 11 is 0. The molecule has 1 fully saturated rings. The highest BCUT2D eigenvalue weighted by molar-refractivity contribution is 6.61. The third-order valence-electron chi connectivity index (χ3n) is 5.89. The molecule has 6 nitrogen and oxygen atoms in total. The van der Waals surface area contributed by atoms with Crippen molar-refractivity contribution in [2.24, 2.45) is 0 Å². The first-order chi connectivity index (χ1) is 14.3. The van der Waals surface area contributed by atoms with Crippen LogP contribution in [0.3, 0.4) is 0 Å². The van der Waals surface area contributed by atoms with Crippen molar-refractivity contribution in [1.29, 1.82) is 0 Å². The molecule has 0 spiro atoms. The van der Waals surface area contributed by atoms with Gasteiger partial charge in [-0.2, -0.15) is 5.10 Å². The van der Waals surface area contributed by atoms with Crippen LogP contribution in [0, 0.1) is 0 Å². The lowest BCUT2D eigenvalue weighted by atomic mass is 9.82. The van der Waals surface area contributed by atoms with Crippen LogP contribution in [0.4, 0.5) is 0 Å². The molecule has 0 aliphatic carbocycles. The van der Waals surface area contributed by atoms with Crippen molar-refractivity contribution in [3.63, 3.8) is 0 Å². The molecule has 1 aromatic heterocycles. The molecule has 0 N–H and O–H groups in total. The molecule has 7 heteroatoms. The van der Waals surface area contributed by atoms with Crippen molar-refractivity contribution < 1.29 is 18.8 Å². The molecule has 1 unspecified atom stereocenters. The summed E-state index contributed by atoms with van der Waals surface area (Å²) in [4.78, 5) is 0. The van der Waals surface area contributed by atoms with Gasteiger partial charge in [-0.25, -0.2) is 0 Å². The Labute approximate surface area is 181 Å². The van der Waals surface area contributed by atoms with Crippen molar-refractivity contribution in [3.05, 3.63) is 48.3 Å². The van der Waals surface area contributed by atoms with Gasteiger partial charge in [-0.15, -0.1) is 0 Å². The second kappa shape index (κ2) is 10.1. The highest BCUT2D eigenvalue weighted by Crippen LogP contribution is 2.36. The van der Waals surface area contributed by atoms with Crippen LogP contribution < -0.4 is 5.46 Å². The smallest absolute Gasteiger partial charge is 0.399 e. The molecule has 0 amide bonds. The van der Waals surface area contributed by atoms with E-state index in [1.807, 2.05) is 35.3 Å². The first-order valence-electron chi connectivity index (χ1n) is 10.9. The number of aryl methyl sites for hydroxylation is 1. The normalized spacial score (nSPS) is 18.6. The summed E-state index contributed by atoms with van der Waals surface area (Å²) in [6.45, 7) is 13.2. The van der Waals surface area contributed by atoms with E-state index >= 15 is 0 Å². The maximum atomic E-state index is 6.09. The molecule has 0 bridgehead atoms. The highest BCUT2D eigenvalue weighted by atomic mass is 16.7. The number of hydrogen-bond acceptors (Lipinski definition) is 5. The van der Waals surface area contributed by atoms with Crippen LogP contribution in [0.1, 0.15) is 53.0 Å². The molecule has 1 aliphatic heterocycles. The third-order valence-corrected chi connectivity index (χ3v) is 5.89. The van der Waals surface area contributed by atoms with Gasteiger partial charge in [-0.3, -0.25) is 4.68 Å². The zero-order valence-corrected chi connectivity index (χ0v) is 19.0. The molecular formula is C23H35BN2O4. The number of aromatic nitrogens is 2. The lowest BCUT2D eigenvalue weighted by Gasteiger charge is -2.32. The Balaban J connectivity index is 1.30. The zero-order valence-electron chi connectivity index (χ0n) is 19.0. The number of rotatable bonds is 11. The summed E-state index contributed by atoms with van der Waals surface area (Å²) in [5, 5.41) is 4.46. The van der Waals surface area contributed by atoms with E-state index in [1.54, 1.807) is 0 Å². The lowest BCUT2D eigenvalue weighted by molar-refractivity contribution is 0.00578. The van der Waals surface area contributed by atoms with Gasteiger partial charge in [0.25, 0.3) is 0 Å². The van der Waals surface area contributed by atoms with Crippen LogP contribution in [-0.2, 0) is 31.9 Å². The summed E-state index contributed by atoms with van der Waals surface area (Å²) in [7, 11) is -0.367. The monoisotopic (exact) mass is 414 g/mol. The topological polar surface area (TPSA) is 54.7 Å². The maximum Gasteiger partial charge on any atom is 0.498 e. The fraction of sp³-hybridized carbons (Fsp3) is 0.609. The lowest BCUT2D eigenvalue weighted by Crippen LogP contribution is -2.41. The summed E-state index contributed by atoms with van der Waals surface area (Å²) < 4.78 is 25.7. The van der Waals surface area contributed by atoms with Crippen molar-refractivity contribution >= 4 is 12.6 Å². The van der Waals surface area contributed by atoms with Crippen LogP contribution >= 0.6 is 0 Å². The van der Waals surface area contributed by atoms with Crippen LogP contribution in [-0.4, -0.2) is 47.4 Å². The largest absolute Gasteiger partial charge is 0.498 e. The molecule has 0 radical (unpaired) electrons. The van der Waals surface area contributed by atoms with Gasteiger partial charge in [0.15, 0.2) is 0 Å². The van der Waals surface area contributed by atoms with Crippen LogP contribution in [0.5, 0.6) is 0 Å². The molecule has 1 saturated heterocycles. The van der Waals surface area contributed by atoms with E-state index in [1.165, 1.54) is 5.56 Å². The predicted octanol–water partition coefficient (Wildman–Crippen LogP) is 3.58. The summed E-state index contributed by atoms with van der Waals surface area (Å²) in [5.41, 5.74) is 1.48. The Morgan fingerprint density at radius 1 is 1.07 bits per heavy atom. The molecule has 30 heavy (non-hydrogen) atoms. The molecule has 1 aliphatic rings. The minimum Gasteiger partial charge on any atom is -0.399 e. The highest BCUT2D eigenvalue weighted by Gasteiger charge is 2.52. The second-order valence-corrected chi connectivity index (χ2v) is 8.99. The van der Waals surface area contributed by atoms with Crippen molar-refractivity contribution in [3.8, 4) is 0 Å². The van der Waals surface area contributed by atoms with E-state index in [-0.39, 0.29) is 24.4 Å². The number of hydrogen-bond donors (Lipinski definition) is 0. The first kappa shape index (κ1) is 23.0. The van der Waals surface area contributed by atoms with Crippen molar-refractivity contribution in [2.45, 2.75) is 77.9 Å². The first-order valence-corrected chi connectivity index (χ1v) is 10.9. The molecule has 164 valence electrons. The predicted molar refractivity (Wildman–Crippen MR) is 119 cm³/mol. The molecular weight excluding hydrogens is 379 g/mol. The SMILES string of the molecule is CC(CCn1cc(B2OC(C)(C)C(C)(C)O2)cn1)OCCCOCc1ccccc1. The molecule has 2 aromatic rings. The summed E-state index contributed by atoms with van der Waals surface area (Å²) in [6, 6.07) is 10.2. The minimum atomic E-state index is -0.367. The number of nitrogens with zero attached hydrogens (tertiary/aromatic N) is 2. The number of ether oxygens (including phenoxy) is 2. The third kappa shape index (κ3) is 6.17. The van der Waals surface area contributed by atoms with E-state index in [0.717, 1.165) is 24.8 Å². The van der Waals surface area contributed by atoms with Crippen LogP contribution in [0.15, 0.2) is 42.7 Å². The Hall–Kier alpha value is -1.67. The maximum absolute atomic E-state index is 6.09. The number of benzene rings is 1. The standard InChI is InChI=1S/C23H35BN2O4/c1-19(28-15-9-14-27-18-20-10-7-6-8-11-20)12-13-26-17-21(16-25-26)24-29-22(2,3)23(4,5)30-24/h6-8,10-11,16-17,19H,9,12-15,18H2,1-5H3. The Morgan fingerprint density at radius 3 is 2.47 bits per heavy atom. The summed E-state index contributed by atoms with van der Waals surface area (Å²) in [5.74, 6) is 0. The second-order valence-electron chi connectivity index (χ2n) is 8.99.